The number of allylic oxidation sites excluding steroid dienone is 2. The van der Waals surface area contributed by atoms with E-state index in [1.165, 1.54) is 12.0 Å². The van der Waals surface area contributed by atoms with E-state index in [1.54, 1.807) is 11.3 Å². The van der Waals surface area contributed by atoms with Crippen LogP contribution in [-0.4, -0.2) is 21.5 Å². The van der Waals surface area contributed by atoms with E-state index in [0.717, 1.165) is 23.0 Å². The number of hydrogen-bond donors (Lipinski definition) is 1. The zero-order valence-electron chi connectivity index (χ0n) is 13.3. The van der Waals surface area contributed by atoms with Gasteiger partial charge in [0.2, 0.25) is 5.91 Å². The highest BCUT2D eigenvalue weighted by atomic mass is 32.1. The van der Waals surface area contributed by atoms with Gasteiger partial charge >= 0.3 is 0 Å². The molecule has 0 unspecified atom stereocenters. The van der Waals surface area contributed by atoms with E-state index in [2.05, 4.69) is 35.4 Å². The van der Waals surface area contributed by atoms with Gasteiger partial charge in [0.25, 0.3) is 0 Å². The fourth-order valence-electron chi connectivity index (χ4n) is 3.79. The average Bonchev–Trinajstić information content (AvgIpc) is 3.08. The molecule has 0 saturated heterocycles. The zero-order valence-corrected chi connectivity index (χ0v) is 14.1. The van der Waals surface area contributed by atoms with Crippen molar-refractivity contribution in [2.24, 2.45) is 22.4 Å². The van der Waals surface area contributed by atoms with Gasteiger partial charge in [0.15, 0.2) is 4.96 Å². The Morgan fingerprint density at radius 1 is 1.61 bits per heavy atom. The molecule has 2 heterocycles. The van der Waals surface area contributed by atoms with Crippen LogP contribution >= 0.6 is 11.3 Å². The number of carbonyl (C=O) groups is 1. The lowest BCUT2D eigenvalue weighted by Crippen LogP contribution is -2.48. The molecule has 3 aliphatic rings. The van der Waals surface area contributed by atoms with Gasteiger partial charge in [0.1, 0.15) is 0 Å². The Bertz CT molecular complexity index is 785. The third kappa shape index (κ3) is 2.51. The van der Waals surface area contributed by atoms with E-state index in [0.29, 0.717) is 11.3 Å². The van der Waals surface area contributed by atoms with E-state index in [4.69, 9.17) is 0 Å². The SMILES string of the molecule is CC1(C)[C@@H]2CC=C(/C=N\NC(=O)Cc3cn4ccsc4n3)[C@H]1C2. The number of carbonyl (C=O) groups excluding carboxylic acids is 1. The summed E-state index contributed by atoms with van der Waals surface area (Å²) in [5.74, 6) is 1.27. The first-order valence-corrected chi connectivity index (χ1v) is 8.85. The summed E-state index contributed by atoms with van der Waals surface area (Å²) in [6.45, 7) is 4.66. The minimum absolute atomic E-state index is 0.130. The number of aromatic nitrogens is 2. The predicted octanol–water partition coefficient (Wildman–Crippen LogP) is 3.03. The molecule has 1 fully saturated rings. The third-order valence-electron chi connectivity index (χ3n) is 5.40. The van der Waals surface area contributed by atoms with Crippen molar-refractivity contribution < 1.29 is 4.79 Å². The molecule has 3 aliphatic carbocycles. The maximum Gasteiger partial charge on any atom is 0.246 e. The highest BCUT2D eigenvalue weighted by Crippen LogP contribution is 2.58. The molecule has 2 aromatic rings. The zero-order chi connectivity index (χ0) is 16.0. The number of nitrogens with zero attached hydrogens (tertiary/aromatic N) is 3. The fraction of sp³-hybridized carbons (Fsp3) is 0.471. The molecule has 0 radical (unpaired) electrons. The number of thiazole rings is 1. The predicted molar refractivity (Wildman–Crippen MR) is 91.5 cm³/mol. The number of nitrogens with one attached hydrogen (secondary N) is 1. The summed E-state index contributed by atoms with van der Waals surface area (Å²) < 4.78 is 1.93. The summed E-state index contributed by atoms with van der Waals surface area (Å²) in [7, 11) is 0. The van der Waals surface area contributed by atoms with Crippen molar-refractivity contribution in [1.82, 2.24) is 14.8 Å². The van der Waals surface area contributed by atoms with Crippen LogP contribution in [0.1, 0.15) is 32.4 Å². The van der Waals surface area contributed by atoms with Crippen LogP contribution in [0, 0.1) is 17.3 Å². The number of hydrogen-bond acceptors (Lipinski definition) is 4. The van der Waals surface area contributed by atoms with Crippen LogP contribution in [0.15, 0.2) is 34.5 Å². The van der Waals surface area contributed by atoms with Gasteiger partial charge in [0.05, 0.1) is 18.3 Å². The van der Waals surface area contributed by atoms with Crippen molar-refractivity contribution >= 4 is 28.4 Å². The van der Waals surface area contributed by atoms with Crippen LogP contribution < -0.4 is 5.43 Å². The Morgan fingerprint density at radius 3 is 3.22 bits per heavy atom. The van der Waals surface area contributed by atoms with Gasteiger partial charge in [0, 0.05) is 17.8 Å². The maximum atomic E-state index is 12.0. The Labute approximate surface area is 139 Å². The first-order chi connectivity index (χ1) is 11.0. The molecule has 23 heavy (non-hydrogen) atoms. The Kier molecular flexibility index (Phi) is 3.37. The van der Waals surface area contributed by atoms with Gasteiger partial charge in [-0.3, -0.25) is 9.20 Å². The molecule has 2 bridgehead atoms. The summed E-state index contributed by atoms with van der Waals surface area (Å²) in [5, 5.41) is 6.12. The molecule has 5 rings (SSSR count). The van der Waals surface area contributed by atoms with Crippen LogP contribution in [-0.2, 0) is 11.2 Å². The molecule has 2 aromatic heterocycles. The molecule has 0 spiro atoms. The van der Waals surface area contributed by atoms with Crippen molar-refractivity contribution in [1.29, 1.82) is 0 Å². The number of hydrazone groups is 1. The lowest BCUT2D eigenvalue weighted by Gasteiger charge is -2.55. The summed E-state index contributed by atoms with van der Waals surface area (Å²) in [4.78, 5) is 17.3. The molecule has 1 N–H and O–H groups in total. The quantitative estimate of drug-likeness (QED) is 0.693. The second-order valence-corrected chi connectivity index (χ2v) is 7.91. The van der Waals surface area contributed by atoms with Crippen LogP contribution in [0.4, 0.5) is 0 Å². The van der Waals surface area contributed by atoms with Crippen molar-refractivity contribution in [3.05, 3.63) is 35.1 Å². The number of fused-ring (bicyclic) bond motifs is 2. The molecule has 5 nitrogen and oxygen atoms in total. The van der Waals surface area contributed by atoms with Crippen molar-refractivity contribution in [3.8, 4) is 0 Å². The van der Waals surface area contributed by atoms with E-state index in [1.807, 2.05) is 28.4 Å². The van der Waals surface area contributed by atoms with Gasteiger partial charge in [-0.1, -0.05) is 19.9 Å². The minimum atomic E-state index is -0.130. The molecule has 1 amide bonds. The molecule has 6 heteroatoms. The monoisotopic (exact) mass is 328 g/mol. The average molecular weight is 328 g/mol. The molecule has 120 valence electrons. The molecule has 1 saturated carbocycles. The van der Waals surface area contributed by atoms with Gasteiger partial charge in [-0.05, 0) is 35.7 Å². The normalized spacial score (nSPS) is 25.4. The first-order valence-electron chi connectivity index (χ1n) is 7.97. The van der Waals surface area contributed by atoms with Crippen molar-refractivity contribution in [3.63, 3.8) is 0 Å². The van der Waals surface area contributed by atoms with Gasteiger partial charge in [-0.25, -0.2) is 10.4 Å². The highest BCUT2D eigenvalue weighted by molar-refractivity contribution is 7.15. The lowest BCUT2D eigenvalue weighted by atomic mass is 9.49. The van der Waals surface area contributed by atoms with E-state index in [9.17, 15) is 4.79 Å². The standard InChI is InChI=1S/C17H20N4OS/c1-17(2)12-4-3-11(14(17)7-12)9-18-20-15(22)8-13-10-21-5-6-23-16(21)19-13/h3,5-6,9-10,12,14H,4,7-8H2,1-2H3,(H,20,22)/b18-9-/t12-,14-/m1/s1. The number of imidazole rings is 1. The van der Waals surface area contributed by atoms with E-state index < -0.39 is 0 Å². The van der Waals surface area contributed by atoms with Crippen molar-refractivity contribution in [2.75, 3.05) is 0 Å². The van der Waals surface area contributed by atoms with Crippen LogP contribution in [0.3, 0.4) is 0 Å². The fourth-order valence-corrected chi connectivity index (χ4v) is 4.51. The van der Waals surface area contributed by atoms with Gasteiger partial charge < -0.3 is 0 Å². The summed E-state index contributed by atoms with van der Waals surface area (Å²) >= 11 is 1.56. The van der Waals surface area contributed by atoms with E-state index >= 15 is 0 Å². The second-order valence-electron chi connectivity index (χ2n) is 7.04. The Morgan fingerprint density at radius 2 is 2.48 bits per heavy atom. The number of rotatable bonds is 4. The highest BCUT2D eigenvalue weighted by Gasteiger charge is 2.50. The molecule has 2 atom stereocenters. The smallest absolute Gasteiger partial charge is 0.246 e. The lowest BCUT2D eigenvalue weighted by molar-refractivity contribution is -0.120. The molecular weight excluding hydrogens is 308 g/mol. The largest absolute Gasteiger partial charge is 0.297 e. The first kappa shape index (κ1) is 14.6. The van der Waals surface area contributed by atoms with Crippen molar-refractivity contribution in [2.45, 2.75) is 33.1 Å². The minimum Gasteiger partial charge on any atom is -0.297 e. The van der Waals surface area contributed by atoms with Gasteiger partial charge in [-0.2, -0.15) is 5.10 Å². The Balaban J connectivity index is 1.34. The molecular formula is C17H20N4OS. The summed E-state index contributed by atoms with van der Waals surface area (Å²) in [6.07, 6.45) is 10.6. The third-order valence-corrected chi connectivity index (χ3v) is 6.17. The maximum absolute atomic E-state index is 12.0. The van der Waals surface area contributed by atoms with Crippen LogP contribution in [0.2, 0.25) is 0 Å². The summed E-state index contributed by atoms with van der Waals surface area (Å²) in [5.41, 5.74) is 5.03. The molecule has 0 aliphatic heterocycles. The Hall–Kier alpha value is -1.95. The van der Waals surface area contributed by atoms with E-state index in [-0.39, 0.29) is 12.3 Å². The molecule has 0 aromatic carbocycles. The van der Waals surface area contributed by atoms with Gasteiger partial charge in [-0.15, -0.1) is 11.3 Å². The van der Waals surface area contributed by atoms with Crippen LogP contribution in [0.5, 0.6) is 0 Å². The second kappa shape index (κ2) is 5.30. The number of amides is 1. The topological polar surface area (TPSA) is 58.8 Å². The van der Waals surface area contributed by atoms with Crippen LogP contribution in [0.25, 0.3) is 4.96 Å². The summed E-state index contributed by atoms with van der Waals surface area (Å²) in [6, 6.07) is 0.